The summed E-state index contributed by atoms with van der Waals surface area (Å²) in [6, 6.07) is 5.73. The van der Waals surface area contributed by atoms with Crippen molar-refractivity contribution in [3.05, 3.63) is 38.8 Å². The van der Waals surface area contributed by atoms with Crippen LogP contribution < -0.4 is 10.6 Å². The number of aryl methyl sites for hydroxylation is 2. The van der Waals surface area contributed by atoms with Crippen molar-refractivity contribution in [2.45, 2.75) is 13.8 Å². The Balaban J connectivity index is 2.20. The molecule has 2 aromatic rings. The fourth-order valence-corrected chi connectivity index (χ4v) is 2.77. The van der Waals surface area contributed by atoms with Gasteiger partial charge in [-0.15, -0.1) is 0 Å². The first-order chi connectivity index (χ1) is 9.01. The van der Waals surface area contributed by atoms with Gasteiger partial charge in [-0.25, -0.2) is 4.98 Å². The number of carbonyl (C=O) groups is 1. The predicted molar refractivity (Wildman–Crippen MR) is 83.2 cm³/mol. The maximum Gasteiger partial charge on any atom is 0.267 e. The van der Waals surface area contributed by atoms with Crippen LogP contribution in [0.1, 0.15) is 20.9 Å². The highest BCUT2D eigenvalue weighted by Gasteiger charge is 2.15. The Morgan fingerprint density at radius 3 is 2.68 bits per heavy atom. The number of anilines is 2. The van der Waals surface area contributed by atoms with Crippen LogP contribution in [0.5, 0.6) is 0 Å². The SMILES string of the molecule is CNc1nc(C)c(C(=O)Nc2ccc(C)c(Br)c2)s1. The lowest BCUT2D eigenvalue weighted by molar-refractivity contribution is 0.103. The second-order valence-electron chi connectivity index (χ2n) is 4.10. The zero-order chi connectivity index (χ0) is 14.0. The number of amides is 1. The van der Waals surface area contributed by atoms with Gasteiger partial charge in [-0.2, -0.15) is 0 Å². The smallest absolute Gasteiger partial charge is 0.267 e. The van der Waals surface area contributed by atoms with Gasteiger partial charge in [-0.1, -0.05) is 33.3 Å². The third-order valence-electron chi connectivity index (χ3n) is 2.65. The molecular weight excluding hydrogens is 326 g/mol. The number of nitrogens with one attached hydrogen (secondary N) is 2. The molecule has 19 heavy (non-hydrogen) atoms. The van der Waals surface area contributed by atoms with Crippen LogP contribution in [0.25, 0.3) is 0 Å². The summed E-state index contributed by atoms with van der Waals surface area (Å²) in [5.74, 6) is -0.132. The van der Waals surface area contributed by atoms with Gasteiger partial charge in [0.15, 0.2) is 5.13 Å². The zero-order valence-corrected chi connectivity index (χ0v) is 13.3. The van der Waals surface area contributed by atoms with Gasteiger partial charge < -0.3 is 10.6 Å². The van der Waals surface area contributed by atoms with E-state index in [0.717, 1.165) is 26.5 Å². The lowest BCUT2D eigenvalue weighted by atomic mass is 10.2. The number of hydrogen-bond acceptors (Lipinski definition) is 4. The number of benzene rings is 1. The summed E-state index contributed by atoms with van der Waals surface area (Å²) in [6.45, 7) is 3.83. The first kappa shape index (κ1) is 14.0. The zero-order valence-electron chi connectivity index (χ0n) is 10.9. The Morgan fingerprint density at radius 2 is 2.11 bits per heavy atom. The molecule has 100 valence electrons. The first-order valence-electron chi connectivity index (χ1n) is 5.74. The second kappa shape index (κ2) is 5.71. The average molecular weight is 340 g/mol. The highest BCUT2D eigenvalue weighted by atomic mass is 79.9. The van der Waals surface area contributed by atoms with E-state index in [2.05, 4.69) is 31.5 Å². The number of nitrogens with zero attached hydrogens (tertiary/aromatic N) is 1. The van der Waals surface area contributed by atoms with E-state index in [-0.39, 0.29) is 5.91 Å². The Morgan fingerprint density at radius 1 is 1.37 bits per heavy atom. The normalized spacial score (nSPS) is 10.3. The Labute approximate surface area is 124 Å². The molecule has 0 fully saturated rings. The van der Waals surface area contributed by atoms with Crippen LogP contribution in [0.15, 0.2) is 22.7 Å². The van der Waals surface area contributed by atoms with Gasteiger partial charge in [-0.05, 0) is 31.5 Å². The van der Waals surface area contributed by atoms with Crippen LogP contribution in [0.3, 0.4) is 0 Å². The third kappa shape index (κ3) is 3.13. The highest BCUT2D eigenvalue weighted by molar-refractivity contribution is 9.10. The van der Waals surface area contributed by atoms with E-state index < -0.39 is 0 Å². The van der Waals surface area contributed by atoms with Gasteiger partial charge in [0, 0.05) is 17.2 Å². The van der Waals surface area contributed by atoms with E-state index in [9.17, 15) is 4.79 Å². The topological polar surface area (TPSA) is 54.0 Å². The minimum atomic E-state index is -0.132. The van der Waals surface area contributed by atoms with E-state index in [1.807, 2.05) is 32.0 Å². The lowest BCUT2D eigenvalue weighted by Gasteiger charge is -2.06. The molecule has 2 rings (SSSR count). The number of carbonyl (C=O) groups excluding carboxylic acids is 1. The third-order valence-corrected chi connectivity index (χ3v) is 4.67. The molecular formula is C13H14BrN3OS. The summed E-state index contributed by atoms with van der Waals surface area (Å²) < 4.78 is 0.974. The van der Waals surface area contributed by atoms with Crippen molar-refractivity contribution < 1.29 is 4.79 Å². The van der Waals surface area contributed by atoms with Crippen molar-refractivity contribution in [2.24, 2.45) is 0 Å². The van der Waals surface area contributed by atoms with Gasteiger partial charge in [-0.3, -0.25) is 4.79 Å². The molecule has 2 N–H and O–H groups in total. The van der Waals surface area contributed by atoms with Crippen molar-refractivity contribution in [2.75, 3.05) is 17.7 Å². The molecule has 0 atom stereocenters. The minimum absolute atomic E-state index is 0.132. The number of thiazole rings is 1. The Hall–Kier alpha value is -1.40. The summed E-state index contributed by atoms with van der Waals surface area (Å²) in [6.07, 6.45) is 0. The molecule has 1 aromatic heterocycles. The molecule has 0 aliphatic rings. The van der Waals surface area contributed by atoms with Gasteiger partial charge in [0.2, 0.25) is 0 Å². The molecule has 1 amide bonds. The van der Waals surface area contributed by atoms with E-state index >= 15 is 0 Å². The first-order valence-corrected chi connectivity index (χ1v) is 7.35. The maximum atomic E-state index is 12.2. The molecule has 0 aliphatic carbocycles. The van der Waals surface area contributed by atoms with Gasteiger partial charge in [0.05, 0.1) is 5.69 Å². The standard InChI is InChI=1S/C13H14BrN3OS/c1-7-4-5-9(6-10(7)14)17-12(18)11-8(2)16-13(15-3)19-11/h4-6H,1-3H3,(H,15,16)(H,17,18). The number of halogens is 1. The molecule has 0 saturated heterocycles. The van der Waals surface area contributed by atoms with Gasteiger partial charge >= 0.3 is 0 Å². The Bertz CT molecular complexity index is 624. The average Bonchev–Trinajstić information content (AvgIpc) is 2.75. The van der Waals surface area contributed by atoms with Crippen LogP contribution >= 0.6 is 27.3 Å². The van der Waals surface area contributed by atoms with Crippen LogP contribution in [0.4, 0.5) is 10.8 Å². The quantitative estimate of drug-likeness (QED) is 0.893. The van der Waals surface area contributed by atoms with Crippen molar-refractivity contribution >= 4 is 44.0 Å². The van der Waals surface area contributed by atoms with E-state index in [4.69, 9.17) is 0 Å². The second-order valence-corrected chi connectivity index (χ2v) is 5.96. The maximum absolute atomic E-state index is 12.2. The molecule has 4 nitrogen and oxygen atoms in total. The molecule has 6 heteroatoms. The summed E-state index contributed by atoms with van der Waals surface area (Å²) in [7, 11) is 1.79. The van der Waals surface area contributed by atoms with E-state index in [1.165, 1.54) is 11.3 Å². The molecule has 0 spiro atoms. The fourth-order valence-electron chi connectivity index (χ4n) is 1.57. The van der Waals surface area contributed by atoms with Crippen LogP contribution in [-0.2, 0) is 0 Å². The Kier molecular flexibility index (Phi) is 4.21. The van der Waals surface area contributed by atoms with E-state index in [1.54, 1.807) is 7.05 Å². The van der Waals surface area contributed by atoms with Gasteiger partial charge in [0.1, 0.15) is 4.88 Å². The number of hydrogen-bond donors (Lipinski definition) is 2. The summed E-state index contributed by atoms with van der Waals surface area (Å²) >= 11 is 4.80. The summed E-state index contributed by atoms with van der Waals surface area (Å²) in [5.41, 5.74) is 2.63. The molecule has 1 heterocycles. The molecule has 1 aromatic carbocycles. The molecule has 0 unspecified atom stereocenters. The lowest BCUT2D eigenvalue weighted by Crippen LogP contribution is -2.11. The predicted octanol–water partition coefficient (Wildman–Crippen LogP) is 3.82. The van der Waals surface area contributed by atoms with Crippen molar-refractivity contribution in [1.82, 2.24) is 4.98 Å². The summed E-state index contributed by atoms with van der Waals surface area (Å²) in [4.78, 5) is 17.1. The van der Waals surface area contributed by atoms with Crippen LogP contribution in [0, 0.1) is 13.8 Å². The fraction of sp³-hybridized carbons (Fsp3) is 0.231. The monoisotopic (exact) mass is 339 g/mol. The van der Waals surface area contributed by atoms with Gasteiger partial charge in [0.25, 0.3) is 5.91 Å². The van der Waals surface area contributed by atoms with Crippen LogP contribution in [-0.4, -0.2) is 17.9 Å². The molecule has 0 saturated carbocycles. The molecule has 0 radical (unpaired) electrons. The summed E-state index contributed by atoms with van der Waals surface area (Å²) in [5, 5.41) is 6.56. The van der Waals surface area contributed by atoms with Crippen LogP contribution in [0.2, 0.25) is 0 Å². The molecule has 0 aliphatic heterocycles. The van der Waals surface area contributed by atoms with Crippen molar-refractivity contribution in [3.8, 4) is 0 Å². The largest absolute Gasteiger partial charge is 0.365 e. The molecule has 0 bridgehead atoms. The minimum Gasteiger partial charge on any atom is -0.365 e. The van der Waals surface area contributed by atoms with Crippen molar-refractivity contribution in [1.29, 1.82) is 0 Å². The number of rotatable bonds is 3. The number of aromatic nitrogens is 1. The van der Waals surface area contributed by atoms with Crippen molar-refractivity contribution in [3.63, 3.8) is 0 Å². The van der Waals surface area contributed by atoms with E-state index in [0.29, 0.717) is 4.88 Å². The highest BCUT2D eigenvalue weighted by Crippen LogP contribution is 2.25.